The Morgan fingerprint density at radius 3 is 2.23 bits per heavy atom. The number of hydrogen-bond donors (Lipinski definition) is 3. The SMILES string of the molecule is Cc1nc(CC(C)C)c(CNC(=O)OC(C)(C)C)c(-c2ccc(CN)cc2)c1NC(=O)OCc1ccccc1. The van der Waals surface area contributed by atoms with E-state index < -0.39 is 17.8 Å². The van der Waals surface area contributed by atoms with E-state index in [1.54, 1.807) is 0 Å². The van der Waals surface area contributed by atoms with Crippen LogP contribution in [0.2, 0.25) is 0 Å². The molecule has 8 heteroatoms. The molecular weight excluding hydrogens is 492 g/mol. The largest absolute Gasteiger partial charge is 0.444 e. The minimum atomic E-state index is -0.632. The highest BCUT2D eigenvalue weighted by Crippen LogP contribution is 2.36. The average molecular weight is 533 g/mol. The van der Waals surface area contributed by atoms with E-state index in [1.807, 2.05) is 82.3 Å². The lowest BCUT2D eigenvalue weighted by atomic mass is 9.92. The predicted octanol–water partition coefficient (Wildman–Crippen LogP) is 6.49. The van der Waals surface area contributed by atoms with E-state index in [4.69, 9.17) is 20.2 Å². The molecule has 0 unspecified atom stereocenters. The molecule has 0 radical (unpaired) electrons. The number of amides is 2. The summed E-state index contributed by atoms with van der Waals surface area (Å²) in [6.45, 7) is 12.3. The fourth-order valence-electron chi connectivity index (χ4n) is 4.16. The summed E-state index contributed by atoms with van der Waals surface area (Å²) >= 11 is 0. The van der Waals surface area contributed by atoms with E-state index in [9.17, 15) is 9.59 Å². The summed E-state index contributed by atoms with van der Waals surface area (Å²) in [5.74, 6) is 0.319. The first-order chi connectivity index (χ1) is 18.5. The Balaban J connectivity index is 2.05. The number of alkyl carbamates (subject to hydrolysis) is 1. The van der Waals surface area contributed by atoms with Crippen LogP contribution in [-0.4, -0.2) is 22.8 Å². The van der Waals surface area contributed by atoms with E-state index in [1.165, 1.54) is 0 Å². The van der Waals surface area contributed by atoms with Crippen LogP contribution in [-0.2, 0) is 35.6 Å². The number of anilines is 1. The van der Waals surface area contributed by atoms with Gasteiger partial charge in [0.1, 0.15) is 12.2 Å². The van der Waals surface area contributed by atoms with Gasteiger partial charge in [-0.15, -0.1) is 0 Å². The van der Waals surface area contributed by atoms with Crippen molar-refractivity contribution in [2.45, 2.75) is 73.3 Å². The summed E-state index contributed by atoms with van der Waals surface area (Å²) < 4.78 is 11.0. The van der Waals surface area contributed by atoms with Crippen LogP contribution in [0.5, 0.6) is 0 Å². The number of rotatable bonds is 9. The number of nitrogens with zero attached hydrogens (tertiary/aromatic N) is 1. The summed E-state index contributed by atoms with van der Waals surface area (Å²) in [4.78, 5) is 30.4. The monoisotopic (exact) mass is 532 g/mol. The molecule has 2 amide bonds. The van der Waals surface area contributed by atoms with E-state index in [0.29, 0.717) is 30.3 Å². The first kappa shape index (κ1) is 29.6. The normalized spacial score (nSPS) is 11.3. The Morgan fingerprint density at radius 2 is 1.64 bits per heavy atom. The van der Waals surface area contributed by atoms with Crippen LogP contribution >= 0.6 is 0 Å². The number of ether oxygens (including phenoxy) is 2. The number of aromatic nitrogens is 1. The van der Waals surface area contributed by atoms with Gasteiger partial charge in [-0.25, -0.2) is 9.59 Å². The maximum absolute atomic E-state index is 13.0. The fraction of sp³-hybridized carbons (Fsp3) is 0.387. The molecule has 0 bridgehead atoms. The van der Waals surface area contributed by atoms with Crippen molar-refractivity contribution in [3.05, 3.63) is 82.7 Å². The first-order valence-corrected chi connectivity index (χ1v) is 13.2. The zero-order valence-corrected chi connectivity index (χ0v) is 23.8. The molecule has 208 valence electrons. The Kier molecular flexibility index (Phi) is 10.1. The number of benzene rings is 2. The molecular formula is C31H40N4O4. The van der Waals surface area contributed by atoms with Gasteiger partial charge in [-0.05, 0) is 56.7 Å². The van der Waals surface area contributed by atoms with E-state index in [-0.39, 0.29) is 13.2 Å². The van der Waals surface area contributed by atoms with Crippen molar-refractivity contribution >= 4 is 17.9 Å². The number of carbonyl (C=O) groups is 2. The van der Waals surface area contributed by atoms with Gasteiger partial charge in [0.05, 0.1) is 11.4 Å². The van der Waals surface area contributed by atoms with E-state index >= 15 is 0 Å². The van der Waals surface area contributed by atoms with Crippen molar-refractivity contribution < 1.29 is 19.1 Å². The Hall–Kier alpha value is -3.91. The standard InChI is InChI=1S/C31H40N4O4/c1-20(2)16-26-25(18-33-29(36)39-31(4,5)6)27(24-14-12-22(17-32)13-15-24)28(21(3)34-26)35-30(37)38-19-23-10-8-7-9-11-23/h7-15,20H,16-19,32H2,1-6H3,(H,33,36)(H,35,37). The molecule has 4 N–H and O–H groups in total. The van der Waals surface area contributed by atoms with Crippen molar-refractivity contribution in [2.24, 2.45) is 11.7 Å². The topological polar surface area (TPSA) is 116 Å². The molecule has 3 aromatic rings. The minimum absolute atomic E-state index is 0.137. The molecule has 0 fully saturated rings. The van der Waals surface area contributed by atoms with Gasteiger partial charge in [-0.1, -0.05) is 68.4 Å². The lowest BCUT2D eigenvalue weighted by molar-refractivity contribution is 0.0523. The van der Waals surface area contributed by atoms with Gasteiger partial charge in [-0.3, -0.25) is 10.3 Å². The van der Waals surface area contributed by atoms with Gasteiger partial charge in [0.25, 0.3) is 0 Å². The summed E-state index contributed by atoms with van der Waals surface area (Å²) in [7, 11) is 0. The summed E-state index contributed by atoms with van der Waals surface area (Å²) in [6, 6.07) is 17.3. The van der Waals surface area contributed by atoms with E-state index in [2.05, 4.69) is 24.5 Å². The lowest BCUT2D eigenvalue weighted by Crippen LogP contribution is -2.32. The van der Waals surface area contributed by atoms with Gasteiger partial charge < -0.3 is 20.5 Å². The zero-order valence-electron chi connectivity index (χ0n) is 23.8. The Labute approximate surface area is 231 Å². The molecule has 0 saturated heterocycles. The lowest BCUT2D eigenvalue weighted by Gasteiger charge is -2.23. The summed E-state index contributed by atoms with van der Waals surface area (Å²) in [5, 5.41) is 5.81. The number of nitrogens with one attached hydrogen (secondary N) is 2. The molecule has 0 saturated carbocycles. The van der Waals surface area contributed by atoms with Gasteiger partial charge in [0, 0.05) is 29.9 Å². The highest BCUT2D eigenvalue weighted by molar-refractivity contribution is 5.94. The number of pyridine rings is 1. The molecule has 0 aliphatic carbocycles. The minimum Gasteiger partial charge on any atom is -0.444 e. The number of hydrogen-bond acceptors (Lipinski definition) is 6. The van der Waals surface area contributed by atoms with Gasteiger partial charge in [-0.2, -0.15) is 0 Å². The quantitative estimate of drug-likeness (QED) is 0.290. The van der Waals surface area contributed by atoms with E-state index in [0.717, 1.165) is 33.5 Å². The van der Waals surface area contributed by atoms with Crippen LogP contribution < -0.4 is 16.4 Å². The predicted molar refractivity (Wildman–Crippen MR) is 154 cm³/mol. The zero-order chi connectivity index (χ0) is 28.6. The molecule has 0 atom stereocenters. The molecule has 0 aliphatic heterocycles. The first-order valence-electron chi connectivity index (χ1n) is 13.2. The smallest absolute Gasteiger partial charge is 0.412 e. The van der Waals surface area contributed by atoms with Crippen molar-refractivity contribution in [1.29, 1.82) is 0 Å². The molecule has 0 spiro atoms. The second kappa shape index (κ2) is 13.2. The molecule has 2 aromatic carbocycles. The molecule has 8 nitrogen and oxygen atoms in total. The second-order valence-electron chi connectivity index (χ2n) is 10.9. The summed E-state index contributed by atoms with van der Waals surface area (Å²) in [6.07, 6.45) is -0.426. The van der Waals surface area contributed by atoms with Crippen LogP contribution in [0.15, 0.2) is 54.6 Å². The van der Waals surface area contributed by atoms with Crippen molar-refractivity contribution in [1.82, 2.24) is 10.3 Å². The maximum Gasteiger partial charge on any atom is 0.412 e. The van der Waals surface area contributed by atoms with Crippen molar-refractivity contribution in [2.75, 3.05) is 5.32 Å². The number of nitrogens with two attached hydrogens (primary N) is 1. The van der Waals surface area contributed by atoms with Crippen LogP contribution in [0.1, 0.15) is 62.7 Å². The van der Waals surface area contributed by atoms with Crippen LogP contribution in [0.3, 0.4) is 0 Å². The average Bonchev–Trinajstić information content (AvgIpc) is 2.87. The van der Waals surface area contributed by atoms with Gasteiger partial charge in [0.2, 0.25) is 0 Å². The summed E-state index contributed by atoms with van der Waals surface area (Å²) in [5.41, 5.74) is 11.5. The van der Waals surface area contributed by atoms with Gasteiger partial charge in [0.15, 0.2) is 0 Å². The van der Waals surface area contributed by atoms with Crippen LogP contribution in [0.4, 0.5) is 15.3 Å². The molecule has 0 aliphatic rings. The Bertz CT molecular complexity index is 1270. The van der Waals surface area contributed by atoms with Crippen molar-refractivity contribution in [3.8, 4) is 11.1 Å². The van der Waals surface area contributed by atoms with Gasteiger partial charge >= 0.3 is 12.2 Å². The molecule has 1 heterocycles. The molecule has 1 aromatic heterocycles. The highest BCUT2D eigenvalue weighted by atomic mass is 16.6. The third-order valence-corrected chi connectivity index (χ3v) is 5.89. The fourth-order valence-corrected chi connectivity index (χ4v) is 4.16. The van der Waals surface area contributed by atoms with Crippen LogP contribution in [0, 0.1) is 12.8 Å². The third-order valence-electron chi connectivity index (χ3n) is 5.89. The number of carbonyl (C=O) groups excluding carboxylic acids is 2. The molecule has 3 rings (SSSR count). The third kappa shape index (κ3) is 8.82. The maximum atomic E-state index is 13.0. The molecule has 39 heavy (non-hydrogen) atoms. The van der Waals surface area contributed by atoms with Crippen LogP contribution in [0.25, 0.3) is 11.1 Å². The number of aryl methyl sites for hydroxylation is 1. The second-order valence-corrected chi connectivity index (χ2v) is 10.9. The van der Waals surface area contributed by atoms with Crippen molar-refractivity contribution in [3.63, 3.8) is 0 Å². The Morgan fingerprint density at radius 1 is 0.974 bits per heavy atom. The highest BCUT2D eigenvalue weighted by Gasteiger charge is 2.23.